The van der Waals surface area contributed by atoms with Gasteiger partial charge in [-0.25, -0.2) is 0 Å². The van der Waals surface area contributed by atoms with Crippen molar-refractivity contribution in [3.8, 4) is 0 Å². The Morgan fingerprint density at radius 1 is 1.57 bits per heavy atom. The van der Waals surface area contributed by atoms with E-state index in [1.807, 2.05) is 0 Å². The molecule has 0 unspecified atom stereocenters. The van der Waals surface area contributed by atoms with Gasteiger partial charge >= 0.3 is 0 Å². The molecular weight excluding hydrogens is 172 g/mol. The lowest BCUT2D eigenvalue weighted by molar-refractivity contribution is -0.119. The molecule has 1 heteroatoms. The van der Waals surface area contributed by atoms with E-state index in [2.05, 4.69) is 20.1 Å². The first-order valence-corrected chi connectivity index (χ1v) is 5.38. The summed E-state index contributed by atoms with van der Waals surface area (Å²) in [6.45, 7) is 10.2. The summed E-state index contributed by atoms with van der Waals surface area (Å²) in [7, 11) is 0. The molecule has 0 spiro atoms. The fourth-order valence-corrected chi connectivity index (χ4v) is 3.38. The van der Waals surface area contributed by atoms with Gasteiger partial charge in [-0.1, -0.05) is 24.3 Å². The second kappa shape index (κ2) is 3.08. The summed E-state index contributed by atoms with van der Waals surface area (Å²) < 4.78 is 0. The quantitative estimate of drug-likeness (QED) is 0.483. The van der Waals surface area contributed by atoms with E-state index < -0.39 is 0 Å². The van der Waals surface area contributed by atoms with Crippen molar-refractivity contribution in [1.82, 2.24) is 0 Å². The van der Waals surface area contributed by atoms with E-state index in [1.165, 1.54) is 23.9 Å². The van der Waals surface area contributed by atoms with Gasteiger partial charge in [0, 0.05) is 5.41 Å². The van der Waals surface area contributed by atoms with E-state index in [0.717, 1.165) is 19.3 Å². The number of hydrogen-bond donors (Lipinski definition) is 0. The highest BCUT2D eigenvalue weighted by Crippen LogP contribution is 2.56. The molecule has 0 amide bonds. The number of carbonyl (C=O) groups excluding carboxylic acids is 1. The Morgan fingerprint density at radius 2 is 2.29 bits per heavy atom. The molecule has 76 valence electrons. The van der Waals surface area contributed by atoms with E-state index in [1.54, 1.807) is 0 Å². The van der Waals surface area contributed by atoms with E-state index in [9.17, 15) is 4.79 Å². The number of carbonyl (C=O) groups is 1. The normalized spacial score (nSPS) is 41.1. The number of rotatable bonds is 2. The number of allylic oxidation sites excluding steroid dienone is 2. The minimum Gasteiger partial charge on any atom is -0.303 e. The van der Waals surface area contributed by atoms with Gasteiger partial charge in [0.05, 0.1) is 0 Å². The van der Waals surface area contributed by atoms with Crippen molar-refractivity contribution >= 4 is 6.29 Å². The second-order valence-corrected chi connectivity index (χ2v) is 5.06. The van der Waals surface area contributed by atoms with E-state index >= 15 is 0 Å². The molecule has 14 heavy (non-hydrogen) atoms. The molecule has 0 aromatic heterocycles. The van der Waals surface area contributed by atoms with Gasteiger partial charge in [-0.3, -0.25) is 0 Å². The first kappa shape index (κ1) is 9.70. The zero-order valence-electron chi connectivity index (χ0n) is 8.88. The Morgan fingerprint density at radius 3 is 2.86 bits per heavy atom. The smallest absolute Gasteiger partial charge is 0.127 e. The molecule has 2 aliphatic rings. The minimum atomic E-state index is -0.133. The predicted molar refractivity (Wildman–Crippen MR) is 57.9 cm³/mol. The van der Waals surface area contributed by atoms with E-state index in [4.69, 9.17) is 0 Å². The van der Waals surface area contributed by atoms with Crippen LogP contribution >= 0.6 is 0 Å². The fraction of sp³-hybridized carbons (Fsp3) is 0.615. The predicted octanol–water partition coefficient (Wildman–Crippen LogP) is 3.12. The highest BCUT2D eigenvalue weighted by Gasteiger charge is 2.50. The summed E-state index contributed by atoms with van der Waals surface area (Å²) >= 11 is 0. The highest BCUT2D eigenvalue weighted by molar-refractivity contribution is 5.64. The fourth-order valence-electron chi connectivity index (χ4n) is 3.38. The third-order valence-corrected chi connectivity index (χ3v) is 4.09. The third kappa shape index (κ3) is 1.18. The van der Waals surface area contributed by atoms with Crippen molar-refractivity contribution in [1.29, 1.82) is 0 Å². The maximum atomic E-state index is 11.3. The van der Waals surface area contributed by atoms with E-state index in [-0.39, 0.29) is 5.41 Å². The Bertz CT molecular complexity index is 302. The van der Waals surface area contributed by atoms with Gasteiger partial charge in [-0.05, 0) is 44.4 Å². The van der Waals surface area contributed by atoms with Crippen LogP contribution < -0.4 is 0 Å². The molecule has 0 heterocycles. The van der Waals surface area contributed by atoms with Crippen molar-refractivity contribution in [2.24, 2.45) is 17.3 Å². The van der Waals surface area contributed by atoms with E-state index in [0.29, 0.717) is 11.8 Å². The van der Waals surface area contributed by atoms with Gasteiger partial charge in [-0.2, -0.15) is 0 Å². The number of hydrogen-bond acceptors (Lipinski definition) is 1. The Hall–Kier alpha value is -0.850. The van der Waals surface area contributed by atoms with Crippen LogP contribution in [0.3, 0.4) is 0 Å². The van der Waals surface area contributed by atoms with Crippen molar-refractivity contribution < 1.29 is 4.79 Å². The topological polar surface area (TPSA) is 17.1 Å². The Balaban J connectivity index is 2.35. The summed E-state index contributed by atoms with van der Waals surface area (Å²) in [4.78, 5) is 11.3. The summed E-state index contributed by atoms with van der Waals surface area (Å²) in [6.07, 6.45) is 5.42. The summed E-state index contributed by atoms with van der Waals surface area (Å²) in [5.74, 6) is 1.01. The SMILES string of the molecule is C=C1C[C@]2(C=O)C[C@H]1CC[C@H]2C(=C)C. The van der Waals surface area contributed by atoms with Gasteiger partial charge in [-0.15, -0.1) is 0 Å². The van der Waals surface area contributed by atoms with Gasteiger partial charge < -0.3 is 4.79 Å². The Labute approximate surface area is 85.9 Å². The molecule has 0 aromatic rings. The molecule has 2 bridgehead atoms. The molecule has 0 aromatic carbocycles. The van der Waals surface area contributed by atoms with Gasteiger partial charge in [0.2, 0.25) is 0 Å². The van der Waals surface area contributed by atoms with Gasteiger partial charge in [0.25, 0.3) is 0 Å². The van der Waals surface area contributed by atoms with Crippen molar-refractivity contribution in [3.05, 3.63) is 24.3 Å². The lowest BCUT2D eigenvalue weighted by Gasteiger charge is -2.36. The lowest BCUT2D eigenvalue weighted by atomic mass is 9.66. The summed E-state index contributed by atoms with van der Waals surface area (Å²) in [5.41, 5.74) is 2.33. The number of aldehydes is 1. The molecule has 0 N–H and O–H groups in total. The van der Waals surface area contributed by atoms with Crippen LogP contribution in [0, 0.1) is 17.3 Å². The Kier molecular flexibility index (Phi) is 2.13. The molecule has 2 saturated carbocycles. The van der Waals surface area contributed by atoms with Crippen LogP contribution in [-0.4, -0.2) is 6.29 Å². The van der Waals surface area contributed by atoms with Crippen LogP contribution in [-0.2, 0) is 4.79 Å². The molecule has 2 aliphatic carbocycles. The minimum absolute atomic E-state index is 0.133. The third-order valence-electron chi connectivity index (χ3n) is 4.09. The molecule has 1 nitrogen and oxygen atoms in total. The van der Waals surface area contributed by atoms with Crippen LogP contribution in [0.5, 0.6) is 0 Å². The van der Waals surface area contributed by atoms with Crippen molar-refractivity contribution in [2.45, 2.75) is 32.6 Å². The molecule has 0 radical (unpaired) electrons. The zero-order chi connectivity index (χ0) is 10.3. The molecule has 0 saturated heterocycles. The molecule has 2 rings (SSSR count). The molecule has 3 atom stereocenters. The monoisotopic (exact) mass is 190 g/mol. The first-order valence-electron chi connectivity index (χ1n) is 5.38. The average Bonchev–Trinajstić information content (AvgIpc) is 2.40. The van der Waals surface area contributed by atoms with Crippen LogP contribution in [0.1, 0.15) is 32.6 Å². The maximum absolute atomic E-state index is 11.3. The lowest BCUT2D eigenvalue weighted by Crippen LogP contribution is -2.33. The summed E-state index contributed by atoms with van der Waals surface area (Å²) in [6, 6.07) is 0. The average molecular weight is 190 g/mol. The van der Waals surface area contributed by atoms with Crippen molar-refractivity contribution in [2.75, 3.05) is 0 Å². The molecular formula is C13H18O. The van der Waals surface area contributed by atoms with Crippen molar-refractivity contribution in [3.63, 3.8) is 0 Å². The maximum Gasteiger partial charge on any atom is 0.127 e. The second-order valence-electron chi connectivity index (χ2n) is 5.06. The molecule has 2 fully saturated rings. The van der Waals surface area contributed by atoms with Gasteiger partial charge in [0.15, 0.2) is 0 Å². The van der Waals surface area contributed by atoms with Crippen LogP contribution in [0.4, 0.5) is 0 Å². The summed E-state index contributed by atoms with van der Waals surface area (Å²) in [5, 5.41) is 0. The highest BCUT2D eigenvalue weighted by atomic mass is 16.1. The largest absolute Gasteiger partial charge is 0.303 e. The van der Waals surface area contributed by atoms with Crippen LogP contribution in [0.25, 0.3) is 0 Å². The van der Waals surface area contributed by atoms with Crippen LogP contribution in [0.15, 0.2) is 24.3 Å². The number of fused-ring (bicyclic) bond motifs is 2. The molecule has 0 aliphatic heterocycles. The first-order chi connectivity index (χ1) is 6.59. The van der Waals surface area contributed by atoms with Crippen LogP contribution in [0.2, 0.25) is 0 Å². The zero-order valence-corrected chi connectivity index (χ0v) is 8.88. The standard InChI is InChI=1S/C13H18O/c1-9(2)12-5-4-11-7-13(12,8-14)6-10(11)3/h8,11-12H,1,3-7H2,2H3/t11-,12+,13-/m1/s1. The van der Waals surface area contributed by atoms with Gasteiger partial charge in [0.1, 0.15) is 6.29 Å².